The minimum absolute atomic E-state index is 0.200. The molecule has 8 heteroatoms. The third-order valence-corrected chi connectivity index (χ3v) is 4.97. The highest BCUT2D eigenvalue weighted by atomic mass is 32.2. The largest absolute Gasteiger partial charge is 0.348 e. The van der Waals surface area contributed by atoms with E-state index in [0.29, 0.717) is 25.2 Å². The minimum Gasteiger partial charge on any atom is -0.348 e. The molecule has 0 aromatic heterocycles. The van der Waals surface area contributed by atoms with E-state index >= 15 is 0 Å². The minimum atomic E-state index is -3.29. The summed E-state index contributed by atoms with van der Waals surface area (Å²) in [5.41, 5.74) is 0. The highest BCUT2D eigenvalue weighted by molar-refractivity contribution is 7.93. The summed E-state index contributed by atoms with van der Waals surface area (Å²) in [5.74, 6) is 0.318. The average molecular weight is 432 g/mol. The highest BCUT2D eigenvalue weighted by Gasteiger charge is 2.27. The van der Waals surface area contributed by atoms with Crippen LogP contribution in [0.3, 0.4) is 0 Å². The van der Waals surface area contributed by atoms with Crippen LogP contribution in [-0.4, -0.2) is 51.7 Å². The van der Waals surface area contributed by atoms with Crippen LogP contribution < -0.4 is 16.0 Å². The van der Waals surface area contributed by atoms with Crippen LogP contribution in [0.1, 0.15) is 60.8 Å². The Labute approximate surface area is 177 Å². The topological polar surface area (TPSA) is 104 Å². The molecule has 3 N–H and O–H groups in total. The maximum atomic E-state index is 12.9. The average Bonchev–Trinajstić information content (AvgIpc) is 2.54. The first-order chi connectivity index (χ1) is 13.2. The van der Waals surface area contributed by atoms with E-state index in [1.165, 1.54) is 6.08 Å². The van der Waals surface area contributed by atoms with E-state index in [0.717, 1.165) is 11.7 Å². The van der Waals surface area contributed by atoms with Crippen molar-refractivity contribution in [1.82, 2.24) is 16.0 Å². The quantitative estimate of drug-likeness (QED) is 0.415. The Kier molecular flexibility index (Phi) is 12.4. The summed E-state index contributed by atoms with van der Waals surface area (Å²) in [5, 5.41) is 9.92. The molecular weight excluding hydrogens is 390 g/mol. The maximum absolute atomic E-state index is 12.9. The molecule has 2 amide bonds. The Balaban J connectivity index is 5.37. The number of likely N-dealkylation sites (N-methyl/N-ethyl adjacent to an activating group) is 1. The normalized spacial score (nSPS) is 15.7. The van der Waals surface area contributed by atoms with Gasteiger partial charge in [-0.15, -0.1) is 0 Å². The lowest BCUT2D eigenvalue weighted by molar-refractivity contribution is -0.130. The summed E-state index contributed by atoms with van der Waals surface area (Å²) in [6, 6.07) is -1.46. The molecule has 0 radical (unpaired) electrons. The van der Waals surface area contributed by atoms with Crippen LogP contribution in [0, 0.1) is 17.8 Å². The van der Waals surface area contributed by atoms with E-state index < -0.39 is 21.9 Å². The van der Waals surface area contributed by atoms with Crippen LogP contribution in [0.4, 0.5) is 0 Å². The summed E-state index contributed by atoms with van der Waals surface area (Å²) < 4.78 is 22.9. The molecule has 0 aliphatic rings. The van der Waals surface area contributed by atoms with Crippen LogP contribution in [0.25, 0.3) is 0 Å². The molecule has 7 nitrogen and oxygen atoms in total. The molecule has 0 bridgehead atoms. The van der Waals surface area contributed by atoms with Crippen molar-refractivity contribution in [1.29, 1.82) is 0 Å². The number of hydrogen-bond acceptors (Lipinski definition) is 5. The Hall–Kier alpha value is -1.41. The summed E-state index contributed by atoms with van der Waals surface area (Å²) in [7, 11) is -1.55. The predicted octanol–water partition coefficient (Wildman–Crippen LogP) is 2.24. The van der Waals surface area contributed by atoms with Gasteiger partial charge >= 0.3 is 0 Å². The zero-order valence-corrected chi connectivity index (χ0v) is 20.1. The zero-order chi connectivity index (χ0) is 22.8. The van der Waals surface area contributed by atoms with Gasteiger partial charge in [0.1, 0.15) is 6.04 Å². The fourth-order valence-corrected chi connectivity index (χ4v) is 3.49. The van der Waals surface area contributed by atoms with Crippen molar-refractivity contribution in [3.8, 4) is 0 Å². The third-order valence-electron chi connectivity index (χ3n) is 4.32. The van der Waals surface area contributed by atoms with E-state index in [1.54, 1.807) is 7.05 Å². The smallest absolute Gasteiger partial charge is 0.243 e. The van der Waals surface area contributed by atoms with Crippen molar-refractivity contribution in [3.63, 3.8) is 0 Å². The van der Waals surface area contributed by atoms with E-state index in [9.17, 15) is 18.0 Å². The van der Waals surface area contributed by atoms with Crippen LogP contribution in [0.5, 0.6) is 0 Å². The van der Waals surface area contributed by atoms with Gasteiger partial charge in [-0.05, 0) is 44.1 Å². The Morgan fingerprint density at radius 1 is 0.793 bits per heavy atom. The Morgan fingerprint density at radius 3 is 1.66 bits per heavy atom. The first-order valence-electron chi connectivity index (χ1n) is 10.4. The van der Waals surface area contributed by atoms with Crippen LogP contribution >= 0.6 is 0 Å². The van der Waals surface area contributed by atoms with Gasteiger partial charge in [0.2, 0.25) is 11.8 Å². The molecule has 0 fully saturated rings. The van der Waals surface area contributed by atoms with Gasteiger partial charge in [-0.1, -0.05) is 47.6 Å². The third kappa shape index (κ3) is 13.4. The van der Waals surface area contributed by atoms with E-state index in [4.69, 9.17) is 0 Å². The monoisotopic (exact) mass is 431 g/mol. The van der Waals surface area contributed by atoms with Crippen LogP contribution in [0.15, 0.2) is 11.5 Å². The highest BCUT2D eigenvalue weighted by Crippen LogP contribution is 2.11. The van der Waals surface area contributed by atoms with Crippen LogP contribution in [-0.2, 0) is 19.4 Å². The lowest BCUT2D eigenvalue weighted by Gasteiger charge is -2.26. The number of rotatable bonds is 13. The molecule has 2 unspecified atom stereocenters. The van der Waals surface area contributed by atoms with Gasteiger partial charge in [0.05, 0.1) is 6.04 Å². The molecule has 0 aromatic rings. The lowest BCUT2D eigenvalue weighted by atomic mass is 9.99. The van der Waals surface area contributed by atoms with Crippen molar-refractivity contribution in [2.45, 2.75) is 78.9 Å². The van der Waals surface area contributed by atoms with E-state index in [-0.39, 0.29) is 29.7 Å². The fourth-order valence-electron chi connectivity index (χ4n) is 3.02. The van der Waals surface area contributed by atoms with Gasteiger partial charge in [-0.25, -0.2) is 8.42 Å². The van der Waals surface area contributed by atoms with Crippen LogP contribution in [0.2, 0.25) is 0 Å². The molecule has 0 heterocycles. The second-order valence-electron chi connectivity index (χ2n) is 9.06. The van der Waals surface area contributed by atoms with Gasteiger partial charge in [0, 0.05) is 17.7 Å². The SMILES string of the molecule is CNC(CC(C)C)C(=O)N[C@@H](CC(C)C)C(=O)NC(/C=C/S(C)(=O)=O)CC(C)C. The van der Waals surface area contributed by atoms with Gasteiger partial charge in [0.15, 0.2) is 9.84 Å². The van der Waals surface area contributed by atoms with Crippen molar-refractivity contribution in [2.75, 3.05) is 13.3 Å². The molecule has 29 heavy (non-hydrogen) atoms. The molecular formula is C21H41N3O4S. The first kappa shape index (κ1) is 27.6. The lowest BCUT2D eigenvalue weighted by Crippen LogP contribution is -2.54. The standard InChI is InChI=1S/C21H41N3O4S/c1-14(2)11-17(9-10-29(8,27)28)23-21(26)19(13-16(5)6)24-20(25)18(22-7)12-15(3)4/h9-10,14-19,22H,11-13H2,1-8H3,(H,23,26)(H,24,25)/b10-9+/t17?,18?,19-/m0/s1. The summed E-state index contributed by atoms with van der Waals surface area (Å²) in [4.78, 5) is 25.6. The summed E-state index contributed by atoms with van der Waals surface area (Å²) in [6.45, 7) is 12.1. The fraction of sp³-hybridized carbons (Fsp3) is 0.810. The van der Waals surface area contributed by atoms with Gasteiger partial charge in [-0.3, -0.25) is 9.59 Å². The van der Waals surface area contributed by atoms with Gasteiger partial charge in [0.25, 0.3) is 0 Å². The molecule has 3 atom stereocenters. The summed E-state index contributed by atoms with van der Waals surface area (Å²) >= 11 is 0. The van der Waals surface area contributed by atoms with Crippen molar-refractivity contribution < 1.29 is 18.0 Å². The first-order valence-corrected chi connectivity index (χ1v) is 12.4. The molecule has 170 valence electrons. The summed E-state index contributed by atoms with van der Waals surface area (Å²) in [6.07, 6.45) is 4.40. The van der Waals surface area contributed by atoms with Crippen molar-refractivity contribution in [2.24, 2.45) is 17.8 Å². The predicted molar refractivity (Wildman–Crippen MR) is 119 cm³/mol. The number of amides is 2. The van der Waals surface area contributed by atoms with Crippen molar-refractivity contribution >= 4 is 21.7 Å². The van der Waals surface area contributed by atoms with Gasteiger partial charge < -0.3 is 16.0 Å². The second kappa shape index (κ2) is 13.0. The Morgan fingerprint density at radius 2 is 1.24 bits per heavy atom. The number of carbonyl (C=O) groups is 2. The second-order valence-corrected chi connectivity index (χ2v) is 11.0. The molecule has 0 aliphatic heterocycles. The number of hydrogen-bond donors (Lipinski definition) is 3. The Bertz CT molecular complexity index is 642. The molecule has 0 aromatic carbocycles. The number of carbonyl (C=O) groups excluding carboxylic acids is 2. The maximum Gasteiger partial charge on any atom is 0.243 e. The van der Waals surface area contributed by atoms with Gasteiger partial charge in [-0.2, -0.15) is 0 Å². The number of nitrogens with one attached hydrogen (secondary N) is 3. The van der Waals surface area contributed by atoms with E-state index in [1.807, 2.05) is 41.5 Å². The molecule has 0 rings (SSSR count). The number of sulfone groups is 1. The molecule has 0 saturated heterocycles. The molecule has 0 saturated carbocycles. The van der Waals surface area contributed by atoms with E-state index in [2.05, 4.69) is 16.0 Å². The molecule has 0 spiro atoms. The molecule has 0 aliphatic carbocycles. The zero-order valence-electron chi connectivity index (χ0n) is 19.3. The van der Waals surface area contributed by atoms with Crippen molar-refractivity contribution in [3.05, 3.63) is 11.5 Å².